The van der Waals surface area contributed by atoms with Crippen LogP contribution in [0.3, 0.4) is 0 Å². The van der Waals surface area contributed by atoms with Gasteiger partial charge >= 0.3 is 0 Å². The van der Waals surface area contributed by atoms with Gasteiger partial charge in [-0.1, -0.05) is 231 Å². The number of benzene rings is 15. The van der Waals surface area contributed by atoms with Gasteiger partial charge in [-0.25, -0.2) is 0 Å². The van der Waals surface area contributed by atoms with Crippen LogP contribution in [0.15, 0.2) is 334 Å². The lowest BCUT2D eigenvalue weighted by atomic mass is 9.96. The Morgan fingerprint density at radius 1 is 0.172 bits per heavy atom. The van der Waals surface area contributed by atoms with Gasteiger partial charge < -0.3 is 22.8 Å². The molecule has 0 aliphatic rings. The fraction of sp³-hybridized carbons (Fsp3) is 0. The van der Waals surface area contributed by atoms with Crippen LogP contribution in [0.4, 0.5) is 0 Å². The van der Waals surface area contributed by atoms with E-state index in [0.29, 0.717) is 0 Å². The highest BCUT2D eigenvalue weighted by Gasteiger charge is 2.18. The van der Waals surface area contributed by atoms with E-state index < -0.39 is 0 Å². The lowest BCUT2D eigenvalue weighted by Crippen LogP contribution is -1.93. The van der Waals surface area contributed by atoms with Gasteiger partial charge in [0.15, 0.2) is 0 Å². The monoisotopic (exact) mass is 1260 g/mol. The molecular formula is C94H63N5. The molecule has 0 atom stereocenters. The Bertz CT molecular complexity index is 6320. The first kappa shape index (κ1) is 57.2. The largest absolute Gasteiger partial charge is 0.316 e. The normalized spacial score (nSPS) is 12.3. The van der Waals surface area contributed by atoms with Gasteiger partial charge in [-0.05, 0) is 183 Å². The molecule has 464 valence electrons. The van der Waals surface area contributed by atoms with Crippen molar-refractivity contribution in [2.24, 2.45) is 0 Å². The smallest absolute Gasteiger partial charge is 0.0541 e. The number of hydrogen-bond acceptors (Lipinski definition) is 0. The molecule has 0 aliphatic carbocycles. The van der Waals surface area contributed by atoms with Crippen LogP contribution in [-0.4, -0.2) is 22.8 Å². The van der Waals surface area contributed by atoms with E-state index in [2.05, 4.69) is 405 Å². The van der Waals surface area contributed by atoms with Gasteiger partial charge in [0.1, 0.15) is 0 Å². The number of aromatic nitrogens is 5. The van der Waals surface area contributed by atoms with Crippen molar-refractivity contribution in [3.05, 3.63) is 361 Å². The Morgan fingerprint density at radius 3 is 0.727 bits per heavy atom. The second-order valence-electron chi connectivity index (χ2n) is 25.7. The maximum atomic E-state index is 2.39. The SMILES string of the molecule is C(=C\c1c2ccccc2cc2ccccc12)/c1ccc2c(c1)c1cc(/C=C/n3c4ccccc4c4ccccc43)ccc1n2-c1ccccc1.C(=C\n1c2ccccc2c2ccccc21)/c1ccc2c(c1)c1cc(/C=C/n3c4ccccc4c4ccccc43)ccc1n2-c1ccccc1. The molecule has 99 heavy (non-hydrogen) atoms. The van der Waals surface area contributed by atoms with E-state index in [1.165, 1.54) is 142 Å². The van der Waals surface area contributed by atoms with E-state index in [1.807, 2.05) is 0 Å². The molecule has 0 radical (unpaired) electrons. The van der Waals surface area contributed by atoms with Crippen molar-refractivity contribution in [3.63, 3.8) is 0 Å². The van der Waals surface area contributed by atoms with E-state index in [0.717, 1.165) is 28.1 Å². The fourth-order valence-corrected chi connectivity index (χ4v) is 15.5. The number of rotatable bonds is 10. The summed E-state index contributed by atoms with van der Waals surface area (Å²) < 4.78 is 11.7. The van der Waals surface area contributed by atoms with Crippen molar-refractivity contribution < 1.29 is 0 Å². The minimum absolute atomic E-state index is 1.16. The van der Waals surface area contributed by atoms with Crippen molar-refractivity contribution in [1.29, 1.82) is 0 Å². The molecule has 0 bridgehead atoms. The predicted octanol–water partition coefficient (Wildman–Crippen LogP) is 25.3. The second-order valence-corrected chi connectivity index (χ2v) is 25.7. The van der Waals surface area contributed by atoms with E-state index in [9.17, 15) is 0 Å². The van der Waals surface area contributed by atoms with Gasteiger partial charge in [0.2, 0.25) is 0 Å². The molecule has 0 N–H and O–H groups in total. The lowest BCUT2D eigenvalue weighted by molar-refractivity contribution is 1.18. The lowest BCUT2D eigenvalue weighted by Gasteiger charge is -2.09. The Morgan fingerprint density at radius 2 is 0.424 bits per heavy atom. The van der Waals surface area contributed by atoms with Gasteiger partial charge in [0, 0.05) is 83.8 Å². The zero-order chi connectivity index (χ0) is 65.3. The van der Waals surface area contributed by atoms with Crippen LogP contribution in [0.2, 0.25) is 0 Å². The summed E-state index contributed by atoms with van der Waals surface area (Å²) in [5, 5.41) is 17.6. The number of hydrogen-bond donors (Lipinski definition) is 0. The maximum Gasteiger partial charge on any atom is 0.0541 e. The number of nitrogens with zero attached hydrogens (tertiary/aromatic N) is 5. The average Bonchev–Trinajstić information content (AvgIpc) is 1.12. The molecule has 0 aliphatic heterocycles. The van der Waals surface area contributed by atoms with E-state index >= 15 is 0 Å². The third-order valence-corrected chi connectivity index (χ3v) is 20.0. The molecule has 5 aromatic heterocycles. The van der Waals surface area contributed by atoms with Crippen molar-refractivity contribution in [3.8, 4) is 11.4 Å². The summed E-state index contributed by atoms with van der Waals surface area (Å²) in [6.07, 6.45) is 17.9. The Kier molecular flexibility index (Phi) is 13.8. The molecule has 0 saturated carbocycles. The summed E-state index contributed by atoms with van der Waals surface area (Å²) in [5.41, 5.74) is 20.3. The van der Waals surface area contributed by atoms with E-state index in [4.69, 9.17) is 0 Å². The van der Waals surface area contributed by atoms with Crippen LogP contribution in [-0.2, 0) is 0 Å². The van der Waals surface area contributed by atoms with Crippen LogP contribution < -0.4 is 0 Å². The summed E-state index contributed by atoms with van der Waals surface area (Å²) in [7, 11) is 0. The Hall–Kier alpha value is -13.2. The first-order valence-electron chi connectivity index (χ1n) is 34.0. The van der Waals surface area contributed by atoms with Crippen LogP contribution in [0.5, 0.6) is 0 Å². The summed E-state index contributed by atoms with van der Waals surface area (Å²) >= 11 is 0. The summed E-state index contributed by atoms with van der Waals surface area (Å²) in [5.74, 6) is 0. The second kappa shape index (κ2) is 23.9. The van der Waals surface area contributed by atoms with Crippen molar-refractivity contribution in [2.75, 3.05) is 0 Å². The zero-order valence-electron chi connectivity index (χ0n) is 54.1. The van der Waals surface area contributed by atoms with Gasteiger partial charge in [0.25, 0.3) is 0 Å². The average molecular weight is 1260 g/mol. The molecule has 15 aromatic carbocycles. The summed E-state index contributed by atoms with van der Waals surface area (Å²) in [4.78, 5) is 0. The fourth-order valence-electron chi connectivity index (χ4n) is 15.5. The quantitative estimate of drug-likeness (QED) is 0.0963. The molecule has 0 unspecified atom stereocenters. The minimum Gasteiger partial charge on any atom is -0.316 e. The molecule has 5 nitrogen and oxygen atoms in total. The van der Waals surface area contributed by atoms with Crippen LogP contribution in [0.1, 0.15) is 27.8 Å². The molecule has 5 heteroatoms. The first-order chi connectivity index (χ1) is 49.1. The van der Waals surface area contributed by atoms with Gasteiger partial charge in [-0.15, -0.1) is 0 Å². The van der Waals surface area contributed by atoms with E-state index in [1.54, 1.807) is 0 Å². The molecule has 20 rings (SSSR count). The zero-order valence-corrected chi connectivity index (χ0v) is 54.1. The summed E-state index contributed by atoms with van der Waals surface area (Å²) in [6.45, 7) is 0. The van der Waals surface area contributed by atoms with Crippen molar-refractivity contribution >= 4 is 180 Å². The van der Waals surface area contributed by atoms with Gasteiger partial charge in [-0.3, -0.25) is 0 Å². The van der Waals surface area contributed by atoms with E-state index in [-0.39, 0.29) is 0 Å². The van der Waals surface area contributed by atoms with Gasteiger partial charge in [0.05, 0.1) is 55.2 Å². The number of fused-ring (bicyclic) bond motifs is 17. The topological polar surface area (TPSA) is 24.6 Å². The Balaban J connectivity index is 0.000000138. The molecule has 0 saturated heterocycles. The van der Waals surface area contributed by atoms with Crippen molar-refractivity contribution in [1.82, 2.24) is 22.8 Å². The molecule has 5 heterocycles. The van der Waals surface area contributed by atoms with Crippen LogP contribution in [0.25, 0.3) is 191 Å². The highest BCUT2D eigenvalue weighted by Crippen LogP contribution is 2.39. The molecule has 20 aromatic rings. The Labute approximate surface area is 571 Å². The third kappa shape index (κ3) is 9.86. The molecule has 0 amide bonds. The highest BCUT2D eigenvalue weighted by molar-refractivity contribution is 6.16. The van der Waals surface area contributed by atoms with Crippen LogP contribution >= 0.6 is 0 Å². The van der Waals surface area contributed by atoms with Crippen LogP contribution in [0, 0.1) is 0 Å². The standard InChI is InChI=1S/C48H32N2.C46H31N3/c1-2-14-37(15-3-1)50-47-26-23-33(22-25-40-38-16-6-4-12-35(38)32-36-13-5-7-17-39(36)40)30-43(47)44-31-34(24-27-48(44)50)28-29-49-45-20-10-8-18-41(45)42-19-9-11-21-46(42)49;1-2-12-34(13-3-1)49-45-24-22-32(26-28-47-41-18-8-4-14-35(41)36-15-5-9-19-42(36)47)30-39(45)40-31-33(23-25-46(40)49)27-29-48-43-20-10-6-16-37(43)38-17-7-11-21-44(38)48/h1-32H;1-31H/b25-22+,29-28+;28-26+,29-27+. The highest BCUT2D eigenvalue weighted by atomic mass is 15.0. The molecule has 0 spiro atoms. The molecular weight excluding hydrogens is 1200 g/mol. The minimum atomic E-state index is 1.16. The predicted molar refractivity (Wildman–Crippen MR) is 426 cm³/mol. The maximum absolute atomic E-state index is 2.39. The summed E-state index contributed by atoms with van der Waals surface area (Å²) in [6, 6.07) is 120. The van der Waals surface area contributed by atoms with Gasteiger partial charge in [-0.2, -0.15) is 0 Å². The molecule has 0 fully saturated rings. The first-order valence-corrected chi connectivity index (χ1v) is 34.0. The number of para-hydroxylation sites is 8. The van der Waals surface area contributed by atoms with Crippen molar-refractivity contribution in [2.45, 2.75) is 0 Å². The third-order valence-electron chi connectivity index (χ3n) is 20.0.